The number of benzene rings is 1. The van der Waals surface area contributed by atoms with Crippen molar-refractivity contribution in [2.75, 3.05) is 32.0 Å². The van der Waals surface area contributed by atoms with E-state index in [1.165, 1.54) is 0 Å². The van der Waals surface area contributed by atoms with E-state index in [0.29, 0.717) is 36.7 Å². The molecular weight excluding hydrogens is 272 g/mol. The summed E-state index contributed by atoms with van der Waals surface area (Å²) in [6.45, 7) is 4.89. The molecule has 21 heavy (non-hydrogen) atoms. The highest BCUT2D eigenvalue weighted by Crippen LogP contribution is 2.27. The third-order valence-corrected chi connectivity index (χ3v) is 3.39. The number of amides is 1. The standard InChI is InChI=1S/C15H22N2O4/c1-3-20-13-6-4-5-12(16)14(13)15(19)17-7-10(2)21-11(8-17)9-18/h4-6,10-11,18H,3,7-9,16H2,1-2H3. The second kappa shape index (κ2) is 6.78. The molecule has 3 N–H and O–H groups in total. The Morgan fingerprint density at radius 1 is 1.52 bits per heavy atom. The molecule has 0 aromatic heterocycles. The number of nitrogens with zero attached hydrogens (tertiary/aromatic N) is 1. The normalized spacial score (nSPS) is 22.1. The molecule has 1 aliphatic heterocycles. The SMILES string of the molecule is CCOc1cccc(N)c1C(=O)N1CC(C)OC(CO)C1. The predicted octanol–water partition coefficient (Wildman–Crippen LogP) is 0.889. The first-order chi connectivity index (χ1) is 10.1. The fraction of sp³-hybridized carbons (Fsp3) is 0.533. The van der Waals surface area contributed by atoms with Crippen LogP contribution in [-0.2, 0) is 4.74 Å². The summed E-state index contributed by atoms with van der Waals surface area (Å²) in [6.07, 6.45) is -0.487. The lowest BCUT2D eigenvalue weighted by atomic mass is 10.1. The minimum atomic E-state index is -0.363. The number of carbonyl (C=O) groups excluding carboxylic acids is 1. The molecule has 1 aromatic carbocycles. The van der Waals surface area contributed by atoms with Gasteiger partial charge in [0.1, 0.15) is 11.3 Å². The summed E-state index contributed by atoms with van der Waals surface area (Å²) in [5, 5.41) is 9.26. The molecule has 2 unspecified atom stereocenters. The summed E-state index contributed by atoms with van der Waals surface area (Å²) in [7, 11) is 0. The molecule has 1 aliphatic rings. The average molecular weight is 294 g/mol. The smallest absolute Gasteiger partial charge is 0.259 e. The van der Waals surface area contributed by atoms with Crippen molar-refractivity contribution in [3.63, 3.8) is 0 Å². The molecule has 6 heteroatoms. The number of aliphatic hydroxyl groups excluding tert-OH is 1. The van der Waals surface area contributed by atoms with Crippen molar-refractivity contribution in [1.29, 1.82) is 0 Å². The molecule has 1 heterocycles. The van der Waals surface area contributed by atoms with Gasteiger partial charge in [0, 0.05) is 18.8 Å². The number of anilines is 1. The van der Waals surface area contributed by atoms with Crippen LogP contribution in [0.3, 0.4) is 0 Å². The Kier molecular flexibility index (Phi) is 5.03. The van der Waals surface area contributed by atoms with Gasteiger partial charge in [0.15, 0.2) is 0 Å². The Morgan fingerprint density at radius 3 is 2.95 bits per heavy atom. The van der Waals surface area contributed by atoms with Crippen molar-refractivity contribution in [2.45, 2.75) is 26.1 Å². The first-order valence-corrected chi connectivity index (χ1v) is 7.13. The highest BCUT2D eigenvalue weighted by Gasteiger charge is 2.30. The quantitative estimate of drug-likeness (QED) is 0.806. The van der Waals surface area contributed by atoms with E-state index in [9.17, 15) is 9.90 Å². The number of aliphatic hydroxyl groups is 1. The summed E-state index contributed by atoms with van der Waals surface area (Å²) in [4.78, 5) is 14.4. The Bertz CT molecular complexity index is 506. The minimum Gasteiger partial charge on any atom is -0.493 e. The molecule has 2 atom stereocenters. The van der Waals surface area contributed by atoms with Crippen LogP contribution in [0.2, 0.25) is 0 Å². The zero-order valence-corrected chi connectivity index (χ0v) is 12.4. The Hall–Kier alpha value is -1.79. The van der Waals surface area contributed by atoms with Crippen LogP contribution in [0.4, 0.5) is 5.69 Å². The van der Waals surface area contributed by atoms with Gasteiger partial charge in [-0.2, -0.15) is 0 Å². The van der Waals surface area contributed by atoms with Crippen LogP contribution in [-0.4, -0.2) is 54.4 Å². The number of ether oxygens (including phenoxy) is 2. The maximum Gasteiger partial charge on any atom is 0.259 e. The van der Waals surface area contributed by atoms with Crippen LogP contribution in [0.1, 0.15) is 24.2 Å². The number of hydrogen-bond acceptors (Lipinski definition) is 5. The van der Waals surface area contributed by atoms with Gasteiger partial charge in [-0.3, -0.25) is 4.79 Å². The lowest BCUT2D eigenvalue weighted by Crippen LogP contribution is -2.50. The van der Waals surface area contributed by atoms with E-state index < -0.39 is 0 Å². The summed E-state index contributed by atoms with van der Waals surface area (Å²) < 4.78 is 11.1. The van der Waals surface area contributed by atoms with E-state index in [2.05, 4.69) is 0 Å². The molecule has 1 amide bonds. The Labute approximate surface area is 124 Å². The molecule has 1 fully saturated rings. The number of hydrogen-bond donors (Lipinski definition) is 2. The van der Waals surface area contributed by atoms with Gasteiger partial charge in [-0.25, -0.2) is 0 Å². The number of carbonyl (C=O) groups is 1. The maximum absolute atomic E-state index is 12.8. The molecule has 0 saturated carbocycles. The lowest BCUT2D eigenvalue weighted by Gasteiger charge is -2.36. The predicted molar refractivity (Wildman–Crippen MR) is 79.3 cm³/mol. The average Bonchev–Trinajstić information content (AvgIpc) is 2.46. The van der Waals surface area contributed by atoms with Crippen molar-refractivity contribution in [2.24, 2.45) is 0 Å². The maximum atomic E-state index is 12.8. The van der Waals surface area contributed by atoms with Gasteiger partial charge in [0.25, 0.3) is 5.91 Å². The van der Waals surface area contributed by atoms with E-state index in [1.54, 1.807) is 23.1 Å². The van der Waals surface area contributed by atoms with Gasteiger partial charge < -0.3 is 25.2 Å². The summed E-state index contributed by atoms with van der Waals surface area (Å²) in [6, 6.07) is 5.18. The van der Waals surface area contributed by atoms with Gasteiger partial charge in [-0.05, 0) is 26.0 Å². The monoisotopic (exact) mass is 294 g/mol. The summed E-state index contributed by atoms with van der Waals surface area (Å²) in [5.74, 6) is 0.298. The highest BCUT2D eigenvalue weighted by atomic mass is 16.5. The number of nitrogens with two attached hydrogens (primary N) is 1. The van der Waals surface area contributed by atoms with E-state index in [1.807, 2.05) is 13.8 Å². The number of morpholine rings is 1. The molecule has 116 valence electrons. The second-order valence-corrected chi connectivity index (χ2v) is 5.11. The van der Waals surface area contributed by atoms with Crippen LogP contribution >= 0.6 is 0 Å². The zero-order valence-electron chi connectivity index (χ0n) is 12.4. The lowest BCUT2D eigenvalue weighted by molar-refractivity contribution is -0.0858. The first-order valence-electron chi connectivity index (χ1n) is 7.13. The molecule has 0 bridgehead atoms. The van der Waals surface area contributed by atoms with E-state index >= 15 is 0 Å². The van der Waals surface area contributed by atoms with Crippen molar-refractivity contribution in [3.8, 4) is 5.75 Å². The van der Waals surface area contributed by atoms with Crippen LogP contribution in [0.5, 0.6) is 5.75 Å². The van der Waals surface area contributed by atoms with Gasteiger partial charge in [0.2, 0.25) is 0 Å². The van der Waals surface area contributed by atoms with Gasteiger partial charge >= 0.3 is 0 Å². The van der Waals surface area contributed by atoms with Crippen molar-refractivity contribution >= 4 is 11.6 Å². The Morgan fingerprint density at radius 2 is 2.29 bits per heavy atom. The molecular formula is C15H22N2O4. The fourth-order valence-corrected chi connectivity index (χ4v) is 2.52. The molecule has 0 radical (unpaired) electrons. The van der Waals surface area contributed by atoms with Crippen LogP contribution in [0.15, 0.2) is 18.2 Å². The van der Waals surface area contributed by atoms with E-state index in [4.69, 9.17) is 15.2 Å². The summed E-state index contributed by atoms with van der Waals surface area (Å²) >= 11 is 0. The number of nitrogen functional groups attached to an aromatic ring is 1. The topological polar surface area (TPSA) is 85.0 Å². The zero-order chi connectivity index (χ0) is 15.4. The molecule has 0 aliphatic carbocycles. The third-order valence-electron chi connectivity index (χ3n) is 3.39. The van der Waals surface area contributed by atoms with Crippen LogP contribution in [0.25, 0.3) is 0 Å². The molecule has 6 nitrogen and oxygen atoms in total. The van der Waals surface area contributed by atoms with Crippen LogP contribution in [0, 0.1) is 0 Å². The Balaban J connectivity index is 2.27. The van der Waals surface area contributed by atoms with E-state index in [0.717, 1.165) is 0 Å². The molecule has 2 rings (SSSR count). The van der Waals surface area contributed by atoms with Crippen molar-refractivity contribution in [1.82, 2.24) is 4.90 Å². The van der Waals surface area contributed by atoms with Gasteiger partial charge in [0.05, 0.1) is 25.4 Å². The highest BCUT2D eigenvalue weighted by molar-refractivity contribution is 6.02. The van der Waals surface area contributed by atoms with Crippen LogP contribution < -0.4 is 10.5 Å². The third kappa shape index (κ3) is 3.46. The molecule has 1 saturated heterocycles. The minimum absolute atomic E-state index is 0.114. The molecule has 0 spiro atoms. The number of rotatable bonds is 4. The van der Waals surface area contributed by atoms with Crippen molar-refractivity contribution in [3.05, 3.63) is 23.8 Å². The second-order valence-electron chi connectivity index (χ2n) is 5.11. The fourth-order valence-electron chi connectivity index (χ4n) is 2.52. The van der Waals surface area contributed by atoms with Gasteiger partial charge in [-0.1, -0.05) is 6.07 Å². The van der Waals surface area contributed by atoms with Gasteiger partial charge in [-0.15, -0.1) is 0 Å². The summed E-state index contributed by atoms with van der Waals surface area (Å²) in [5.41, 5.74) is 6.73. The first kappa shape index (κ1) is 15.6. The molecule has 1 aromatic rings. The van der Waals surface area contributed by atoms with E-state index in [-0.39, 0.29) is 24.7 Å². The largest absolute Gasteiger partial charge is 0.493 e. The van der Waals surface area contributed by atoms with Crippen molar-refractivity contribution < 1.29 is 19.4 Å².